The van der Waals surface area contributed by atoms with Crippen LogP contribution in [-0.2, 0) is 0 Å². The third-order valence-electron chi connectivity index (χ3n) is 6.88. The van der Waals surface area contributed by atoms with Crippen LogP contribution in [0.1, 0.15) is 59.3 Å². The van der Waals surface area contributed by atoms with E-state index in [1.807, 2.05) is 44.6 Å². The van der Waals surface area contributed by atoms with Gasteiger partial charge in [-0.15, -0.1) is 0 Å². The molecule has 0 unspecified atom stereocenters. The van der Waals surface area contributed by atoms with Gasteiger partial charge >= 0.3 is 219 Å². The van der Waals surface area contributed by atoms with Gasteiger partial charge in [-0.25, -0.2) is 0 Å². The van der Waals surface area contributed by atoms with Crippen molar-refractivity contribution in [3.63, 3.8) is 0 Å². The standard InChI is InChI=1S/C18H11OS2.3C4H9.Sn/c1-2-6-13(7-3-1)19-15-9-5-4-8-14(15)17-12-18-16(21-17)10-11-20-18;3*1-3-4-2;/h1-10,12H;3*1,3-4H2,2H3;. The summed E-state index contributed by atoms with van der Waals surface area (Å²) in [6.07, 6.45) is 8.26. The molecule has 4 aromatic rings. The van der Waals surface area contributed by atoms with Crippen molar-refractivity contribution in [2.75, 3.05) is 0 Å². The Morgan fingerprint density at radius 3 is 1.88 bits per heavy atom. The Morgan fingerprint density at radius 1 is 0.676 bits per heavy atom. The van der Waals surface area contributed by atoms with Gasteiger partial charge in [0.1, 0.15) is 0 Å². The van der Waals surface area contributed by atoms with Gasteiger partial charge in [0.25, 0.3) is 0 Å². The van der Waals surface area contributed by atoms with Gasteiger partial charge in [-0.3, -0.25) is 0 Å². The molecule has 34 heavy (non-hydrogen) atoms. The van der Waals surface area contributed by atoms with Crippen LogP contribution in [0.3, 0.4) is 0 Å². The van der Waals surface area contributed by atoms with Crippen LogP contribution < -0.4 is 7.63 Å². The minimum absolute atomic E-state index is 0.886. The second-order valence-corrected chi connectivity index (χ2v) is 25.8. The first-order valence-electron chi connectivity index (χ1n) is 13.0. The molecule has 1 nitrogen and oxygen atoms in total. The summed E-state index contributed by atoms with van der Waals surface area (Å²) >= 11 is 1.73. The van der Waals surface area contributed by atoms with Crippen LogP contribution in [0.5, 0.6) is 11.5 Å². The van der Waals surface area contributed by atoms with Gasteiger partial charge in [0.05, 0.1) is 0 Å². The van der Waals surface area contributed by atoms with Crippen molar-refractivity contribution in [1.29, 1.82) is 0 Å². The number of unbranched alkanes of at least 4 members (excludes halogenated alkanes) is 3. The molecule has 0 saturated carbocycles. The molecule has 0 atom stereocenters. The molecule has 0 aliphatic heterocycles. The van der Waals surface area contributed by atoms with Gasteiger partial charge in [-0.2, -0.15) is 0 Å². The molecule has 0 spiro atoms. The Balaban J connectivity index is 1.66. The normalized spacial score (nSPS) is 11.9. The number of para-hydroxylation sites is 2. The number of thiophene rings is 2. The van der Waals surface area contributed by atoms with Crippen LogP contribution >= 0.6 is 22.7 Å². The summed E-state index contributed by atoms with van der Waals surface area (Å²) in [6.45, 7) is 7.10. The van der Waals surface area contributed by atoms with E-state index in [2.05, 4.69) is 68.5 Å². The molecular formula is C30H38OS2Sn. The third-order valence-corrected chi connectivity index (χ3v) is 27.4. The fourth-order valence-corrected chi connectivity index (χ4v) is 26.8. The molecular weight excluding hydrogens is 559 g/mol. The van der Waals surface area contributed by atoms with Gasteiger partial charge in [0, 0.05) is 0 Å². The molecule has 0 radical (unpaired) electrons. The third kappa shape index (κ3) is 6.09. The second-order valence-electron chi connectivity index (χ2n) is 9.45. The topological polar surface area (TPSA) is 9.23 Å². The van der Waals surface area contributed by atoms with E-state index in [4.69, 9.17) is 4.74 Å². The number of rotatable bonds is 13. The summed E-state index contributed by atoms with van der Waals surface area (Å²) in [5, 5.41) is 0. The van der Waals surface area contributed by atoms with Gasteiger partial charge in [-0.1, -0.05) is 0 Å². The van der Waals surface area contributed by atoms with Gasteiger partial charge in [0.15, 0.2) is 0 Å². The maximum absolute atomic E-state index is 6.27. The number of hydrogen-bond donors (Lipinski definition) is 0. The van der Waals surface area contributed by atoms with Gasteiger partial charge in [-0.05, 0) is 0 Å². The first kappa shape index (κ1) is 25.8. The van der Waals surface area contributed by atoms with E-state index in [0.717, 1.165) is 11.5 Å². The predicted octanol–water partition coefficient (Wildman–Crippen LogP) is 10.5. The first-order valence-corrected chi connectivity index (χ1v) is 22.2. The van der Waals surface area contributed by atoms with Crippen molar-refractivity contribution < 1.29 is 4.74 Å². The van der Waals surface area contributed by atoms with Crippen LogP contribution in [0.4, 0.5) is 0 Å². The van der Waals surface area contributed by atoms with Gasteiger partial charge in [0.2, 0.25) is 0 Å². The fourth-order valence-electron chi connectivity index (χ4n) is 4.89. The molecule has 180 valence electrons. The van der Waals surface area contributed by atoms with Crippen molar-refractivity contribution in [2.45, 2.75) is 72.6 Å². The molecule has 2 aromatic carbocycles. The van der Waals surface area contributed by atoms with Crippen molar-refractivity contribution >= 4 is 53.3 Å². The zero-order valence-electron chi connectivity index (χ0n) is 20.9. The van der Waals surface area contributed by atoms with Crippen LogP contribution in [0.2, 0.25) is 13.3 Å². The monoisotopic (exact) mass is 598 g/mol. The molecule has 4 rings (SSSR count). The summed E-state index contributed by atoms with van der Waals surface area (Å²) in [4.78, 5) is 1.32. The molecule has 2 heterocycles. The summed E-state index contributed by atoms with van der Waals surface area (Å²) < 4.78 is 15.7. The molecule has 0 fully saturated rings. The van der Waals surface area contributed by atoms with Crippen LogP contribution in [-0.4, -0.2) is 18.4 Å². The predicted molar refractivity (Wildman–Crippen MR) is 156 cm³/mol. The molecule has 0 bridgehead atoms. The van der Waals surface area contributed by atoms with E-state index < -0.39 is 18.4 Å². The van der Waals surface area contributed by atoms with Crippen LogP contribution in [0.15, 0.2) is 66.7 Å². The Morgan fingerprint density at radius 2 is 1.26 bits per heavy atom. The molecule has 4 heteroatoms. The number of hydrogen-bond acceptors (Lipinski definition) is 3. The summed E-state index contributed by atoms with van der Waals surface area (Å²) in [5.74, 6) is 1.82. The second kappa shape index (κ2) is 12.6. The van der Waals surface area contributed by atoms with Crippen LogP contribution in [0.25, 0.3) is 19.8 Å². The summed E-state index contributed by atoms with van der Waals surface area (Å²) in [6, 6.07) is 23.6. The number of benzene rings is 2. The molecule has 2 aromatic heterocycles. The number of ether oxygens (including phenoxy) is 1. The zero-order chi connectivity index (χ0) is 23.8. The molecule has 0 saturated heterocycles. The van der Waals surface area contributed by atoms with E-state index in [1.54, 1.807) is 13.3 Å². The Hall–Kier alpha value is -1.30. The fraction of sp³-hybridized carbons (Fsp3) is 0.400. The summed E-state index contributed by atoms with van der Waals surface area (Å²) in [7, 11) is 0. The van der Waals surface area contributed by atoms with Crippen molar-refractivity contribution in [2.24, 2.45) is 0 Å². The van der Waals surface area contributed by atoms with E-state index in [9.17, 15) is 0 Å². The quantitative estimate of drug-likeness (QED) is 0.139. The average Bonchev–Trinajstić information content (AvgIpc) is 3.45. The van der Waals surface area contributed by atoms with Gasteiger partial charge < -0.3 is 0 Å². The molecule has 0 amide bonds. The zero-order valence-corrected chi connectivity index (χ0v) is 25.4. The van der Waals surface area contributed by atoms with E-state index in [-0.39, 0.29) is 0 Å². The number of fused-ring (bicyclic) bond motifs is 1. The van der Waals surface area contributed by atoms with Crippen molar-refractivity contribution in [3.8, 4) is 21.9 Å². The average molecular weight is 597 g/mol. The Kier molecular flexibility index (Phi) is 9.55. The summed E-state index contributed by atoms with van der Waals surface area (Å²) in [5.41, 5.74) is 1.19. The molecule has 0 N–H and O–H groups in total. The van der Waals surface area contributed by atoms with E-state index in [0.29, 0.717) is 0 Å². The Bertz CT molecular complexity index is 1110. The van der Waals surface area contributed by atoms with Crippen molar-refractivity contribution in [1.82, 2.24) is 0 Å². The molecule has 0 aliphatic rings. The SMILES string of the molecule is CCC[CH2][Sn]([CH2]CCC)([CH2]CCC)[c]1cc2sc(-c3ccccc3Oc3ccccc3)cc2s1. The Labute approximate surface area is 218 Å². The molecule has 0 aliphatic carbocycles. The van der Waals surface area contributed by atoms with Crippen LogP contribution in [0, 0.1) is 0 Å². The first-order chi connectivity index (χ1) is 16.7. The van der Waals surface area contributed by atoms with E-state index in [1.165, 1.54) is 58.4 Å². The van der Waals surface area contributed by atoms with Crippen molar-refractivity contribution in [3.05, 3.63) is 66.7 Å². The maximum atomic E-state index is 6.27. The van der Waals surface area contributed by atoms with E-state index >= 15 is 0 Å². The minimum atomic E-state index is -2.36.